The van der Waals surface area contributed by atoms with Gasteiger partial charge in [0.25, 0.3) is 0 Å². The van der Waals surface area contributed by atoms with Crippen molar-refractivity contribution in [2.75, 3.05) is 65.6 Å². The summed E-state index contributed by atoms with van der Waals surface area (Å²) in [6.07, 6.45) is 1.52. The van der Waals surface area contributed by atoms with Crippen molar-refractivity contribution < 1.29 is 14.3 Å². The Bertz CT molecular complexity index is 401. The number of rotatable bonds is 6. The van der Waals surface area contributed by atoms with E-state index in [9.17, 15) is 9.59 Å². The molecule has 7 heteroatoms. The smallest absolute Gasteiger partial charge is 0.319 e. The van der Waals surface area contributed by atoms with E-state index in [0.29, 0.717) is 19.6 Å². The average Bonchev–Trinajstić information content (AvgIpc) is 2.63. The molecule has 138 valence electrons. The molecule has 2 heterocycles. The highest BCUT2D eigenvalue weighted by atomic mass is 16.5. The third kappa shape index (κ3) is 5.34. The van der Waals surface area contributed by atoms with Crippen LogP contribution in [0.2, 0.25) is 0 Å². The fourth-order valence-electron chi connectivity index (χ4n) is 3.33. The van der Waals surface area contributed by atoms with Crippen LogP contribution in [0.4, 0.5) is 4.79 Å². The molecule has 0 aliphatic carbocycles. The average molecular weight is 340 g/mol. The molecule has 2 aliphatic rings. The van der Waals surface area contributed by atoms with Crippen LogP contribution in [0.1, 0.15) is 26.7 Å². The van der Waals surface area contributed by atoms with Gasteiger partial charge in [-0.25, -0.2) is 4.79 Å². The number of likely N-dealkylation sites (tertiary alicyclic amines) is 1. The zero-order valence-corrected chi connectivity index (χ0v) is 15.1. The van der Waals surface area contributed by atoms with Crippen LogP contribution >= 0.6 is 0 Å². The topological polar surface area (TPSA) is 65.1 Å². The summed E-state index contributed by atoms with van der Waals surface area (Å²) in [6, 6.07) is 0.103. The van der Waals surface area contributed by atoms with Crippen molar-refractivity contribution in [3.8, 4) is 0 Å². The van der Waals surface area contributed by atoms with Gasteiger partial charge in [-0.1, -0.05) is 0 Å². The normalized spacial score (nSPS) is 20.0. The molecule has 2 rings (SSSR count). The SMILES string of the molecule is CCN(CC)C(=O)N1CCC(C(=O)NCCN2CCOCC2)CC1. The second-order valence-electron chi connectivity index (χ2n) is 6.46. The number of hydrogen-bond acceptors (Lipinski definition) is 4. The van der Waals surface area contributed by atoms with E-state index in [1.165, 1.54) is 0 Å². The van der Waals surface area contributed by atoms with Gasteiger partial charge in [-0.3, -0.25) is 9.69 Å². The molecule has 2 aliphatic heterocycles. The van der Waals surface area contributed by atoms with E-state index in [-0.39, 0.29) is 17.9 Å². The Labute approximate surface area is 145 Å². The van der Waals surface area contributed by atoms with E-state index in [0.717, 1.165) is 58.8 Å². The van der Waals surface area contributed by atoms with Crippen LogP contribution in [0.15, 0.2) is 0 Å². The molecule has 0 aromatic heterocycles. The maximum atomic E-state index is 12.3. The van der Waals surface area contributed by atoms with Crippen LogP contribution in [0, 0.1) is 5.92 Å². The summed E-state index contributed by atoms with van der Waals surface area (Å²) in [5, 5.41) is 3.05. The summed E-state index contributed by atoms with van der Waals surface area (Å²) in [5.74, 6) is 0.175. The molecule has 1 N–H and O–H groups in total. The van der Waals surface area contributed by atoms with Crippen molar-refractivity contribution in [3.05, 3.63) is 0 Å². The molecule has 7 nitrogen and oxygen atoms in total. The predicted molar refractivity (Wildman–Crippen MR) is 92.9 cm³/mol. The molecule has 0 saturated carbocycles. The van der Waals surface area contributed by atoms with E-state index in [2.05, 4.69) is 10.2 Å². The second-order valence-corrected chi connectivity index (χ2v) is 6.46. The van der Waals surface area contributed by atoms with Crippen molar-refractivity contribution in [2.45, 2.75) is 26.7 Å². The van der Waals surface area contributed by atoms with Gasteiger partial charge in [-0.15, -0.1) is 0 Å². The minimum absolute atomic E-state index is 0.0374. The molecular weight excluding hydrogens is 308 g/mol. The van der Waals surface area contributed by atoms with Gasteiger partial charge in [0.1, 0.15) is 0 Å². The van der Waals surface area contributed by atoms with Gasteiger partial charge in [0, 0.05) is 58.3 Å². The highest BCUT2D eigenvalue weighted by molar-refractivity contribution is 5.79. The van der Waals surface area contributed by atoms with Gasteiger partial charge >= 0.3 is 6.03 Å². The largest absolute Gasteiger partial charge is 0.379 e. The molecule has 3 amide bonds. The molecule has 0 unspecified atom stereocenters. The summed E-state index contributed by atoms with van der Waals surface area (Å²) in [4.78, 5) is 30.6. The van der Waals surface area contributed by atoms with Gasteiger partial charge in [-0.05, 0) is 26.7 Å². The first-order valence-corrected chi connectivity index (χ1v) is 9.27. The molecule has 0 radical (unpaired) electrons. The Morgan fingerprint density at radius 2 is 1.71 bits per heavy atom. The van der Waals surface area contributed by atoms with Crippen molar-refractivity contribution in [1.29, 1.82) is 0 Å². The molecule has 24 heavy (non-hydrogen) atoms. The number of piperidine rings is 1. The molecule has 0 aromatic rings. The summed E-state index contributed by atoms with van der Waals surface area (Å²) < 4.78 is 5.32. The van der Waals surface area contributed by atoms with Gasteiger partial charge < -0.3 is 19.9 Å². The number of hydrogen-bond donors (Lipinski definition) is 1. The summed E-state index contributed by atoms with van der Waals surface area (Å²) in [6.45, 7) is 11.9. The Morgan fingerprint density at radius 1 is 1.08 bits per heavy atom. The van der Waals surface area contributed by atoms with E-state index in [4.69, 9.17) is 4.74 Å². The molecule has 0 aromatic carbocycles. The number of carbonyl (C=O) groups excluding carboxylic acids is 2. The van der Waals surface area contributed by atoms with Crippen molar-refractivity contribution in [3.63, 3.8) is 0 Å². The first-order valence-electron chi connectivity index (χ1n) is 9.27. The molecule has 0 bridgehead atoms. The summed E-state index contributed by atoms with van der Waals surface area (Å²) in [7, 11) is 0. The number of carbonyl (C=O) groups is 2. The lowest BCUT2D eigenvalue weighted by atomic mass is 9.96. The summed E-state index contributed by atoms with van der Waals surface area (Å²) in [5.41, 5.74) is 0. The fourth-order valence-corrected chi connectivity index (χ4v) is 3.33. The van der Waals surface area contributed by atoms with Gasteiger partial charge in [0.15, 0.2) is 0 Å². The van der Waals surface area contributed by atoms with Crippen LogP contribution in [0.25, 0.3) is 0 Å². The molecule has 0 spiro atoms. The highest BCUT2D eigenvalue weighted by Crippen LogP contribution is 2.18. The second kappa shape index (κ2) is 9.84. The van der Waals surface area contributed by atoms with E-state index >= 15 is 0 Å². The first kappa shape index (κ1) is 19.0. The predicted octanol–water partition coefficient (Wildman–Crippen LogP) is 0.609. The van der Waals surface area contributed by atoms with Crippen LogP contribution in [0.5, 0.6) is 0 Å². The Morgan fingerprint density at radius 3 is 2.29 bits per heavy atom. The lowest BCUT2D eigenvalue weighted by Crippen LogP contribution is -2.49. The van der Waals surface area contributed by atoms with Gasteiger partial charge in [0.05, 0.1) is 13.2 Å². The zero-order chi connectivity index (χ0) is 17.4. The molecule has 0 atom stereocenters. The highest BCUT2D eigenvalue weighted by Gasteiger charge is 2.28. The third-order valence-electron chi connectivity index (χ3n) is 5.00. The van der Waals surface area contributed by atoms with E-state index in [1.54, 1.807) is 0 Å². The molecule has 2 fully saturated rings. The maximum Gasteiger partial charge on any atom is 0.319 e. The Hall–Kier alpha value is -1.34. The first-order chi connectivity index (χ1) is 11.7. The number of nitrogens with one attached hydrogen (secondary N) is 1. The number of morpholine rings is 1. The number of amides is 3. The van der Waals surface area contributed by atoms with Crippen molar-refractivity contribution in [2.24, 2.45) is 5.92 Å². The standard InChI is InChI=1S/C17H32N4O3/c1-3-20(4-2)17(23)21-8-5-15(6-9-21)16(22)18-7-10-19-11-13-24-14-12-19/h15H,3-14H2,1-2H3,(H,18,22). The van der Waals surface area contributed by atoms with E-state index in [1.807, 2.05) is 23.6 Å². The van der Waals surface area contributed by atoms with Crippen LogP contribution < -0.4 is 5.32 Å². The van der Waals surface area contributed by atoms with E-state index < -0.39 is 0 Å². The molecular formula is C17H32N4O3. The monoisotopic (exact) mass is 340 g/mol. The van der Waals surface area contributed by atoms with Crippen molar-refractivity contribution in [1.82, 2.24) is 20.0 Å². The minimum Gasteiger partial charge on any atom is -0.379 e. The van der Waals surface area contributed by atoms with Crippen LogP contribution in [0.3, 0.4) is 0 Å². The van der Waals surface area contributed by atoms with Gasteiger partial charge in [-0.2, -0.15) is 0 Å². The minimum atomic E-state index is 0.0374. The van der Waals surface area contributed by atoms with Crippen LogP contribution in [-0.4, -0.2) is 92.2 Å². The lowest BCUT2D eigenvalue weighted by Gasteiger charge is -2.34. The number of urea groups is 1. The van der Waals surface area contributed by atoms with Crippen LogP contribution in [-0.2, 0) is 9.53 Å². The zero-order valence-electron chi connectivity index (χ0n) is 15.1. The van der Waals surface area contributed by atoms with Crippen molar-refractivity contribution >= 4 is 11.9 Å². The van der Waals surface area contributed by atoms with Gasteiger partial charge in [0.2, 0.25) is 5.91 Å². The summed E-state index contributed by atoms with van der Waals surface area (Å²) >= 11 is 0. The number of nitrogens with zero attached hydrogens (tertiary/aromatic N) is 3. The molecule has 2 saturated heterocycles. The third-order valence-corrected chi connectivity index (χ3v) is 5.00. The maximum absolute atomic E-state index is 12.3. The quantitative estimate of drug-likeness (QED) is 0.769. The fraction of sp³-hybridized carbons (Fsp3) is 0.882. The number of ether oxygens (including phenoxy) is 1. The Kier molecular flexibility index (Phi) is 7.78. The Balaban J connectivity index is 1.65. The lowest BCUT2D eigenvalue weighted by molar-refractivity contribution is -0.126.